The maximum atomic E-state index is 13.4. The minimum absolute atomic E-state index is 0.0879. The van der Waals surface area contributed by atoms with Gasteiger partial charge in [0.2, 0.25) is 0 Å². The molecule has 0 aliphatic rings. The monoisotopic (exact) mass is 299 g/mol. The molecule has 0 aromatic heterocycles. The predicted molar refractivity (Wildman–Crippen MR) is 64.1 cm³/mol. The molecule has 1 aromatic rings. The summed E-state index contributed by atoms with van der Waals surface area (Å²) >= 11 is 3.24. The Bertz CT molecular complexity index is 468. The van der Waals surface area contributed by atoms with Gasteiger partial charge in [-0.3, -0.25) is 4.79 Å². The largest absolute Gasteiger partial charge is 0.466 e. The van der Waals surface area contributed by atoms with Crippen LogP contribution in [-0.4, -0.2) is 12.6 Å². The topological polar surface area (TPSA) is 50.1 Å². The van der Waals surface area contributed by atoms with Crippen molar-refractivity contribution in [3.8, 4) is 6.07 Å². The van der Waals surface area contributed by atoms with Crippen molar-refractivity contribution in [2.24, 2.45) is 0 Å². The van der Waals surface area contributed by atoms with Crippen molar-refractivity contribution < 1.29 is 13.9 Å². The number of nitriles is 1. The summed E-state index contributed by atoms with van der Waals surface area (Å²) in [4.78, 5) is 11.4. The summed E-state index contributed by atoms with van der Waals surface area (Å²) in [6, 6.07) is 4.56. The van der Waals surface area contributed by atoms with Crippen LogP contribution in [0.2, 0.25) is 0 Å². The number of halogens is 2. The SMILES string of the molecule is CCOC(=O)Cc1c(CBr)ccc(F)c1C#N. The van der Waals surface area contributed by atoms with Gasteiger partial charge < -0.3 is 4.74 Å². The molecule has 1 aromatic carbocycles. The highest BCUT2D eigenvalue weighted by Crippen LogP contribution is 2.21. The fourth-order valence-electron chi connectivity index (χ4n) is 1.47. The Morgan fingerprint density at radius 3 is 2.82 bits per heavy atom. The Labute approximate surface area is 107 Å². The van der Waals surface area contributed by atoms with E-state index in [0.29, 0.717) is 10.9 Å². The molecule has 0 fully saturated rings. The summed E-state index contributed by atoms with van der Waals surface area (Å²) in [7, 11) is 0. The van der Waals surface area contributed by atoms with Gasteiger partial charge in [-0.15, -0.1) is 0 Å². The molecule has 0 aliphatic carbocycles. The van der Waals surface area contributed by atoms with Gasteiger partial charge in [0.25, 0.3) is 0 Å². The second-order valence-electron chi connectivity index (χ2n) is 3.29. The molecule has 0 saturated heterocycles. The summed E-state index contributed by atoms with van der Waals surface area (Å²) in [6.45, 7) is 1.96. The van der Waals surface area contributed by atoms with E-state index in [4.69, 9.17) is 10.00 Å². The molecule has 3 nitrogen and oxygen atoms in total. The van der Waals surface area contributed by atoms with E-state index in [1.807, 2.05) is 0 Å². The van der Waals surface area contributed by atoms with Crippen molar-refractivity contribution in [1.29, 1.82) is 5.26 Å². The van der Waals surface area contributed by atoms with Crippen molar-refractivity contribution in [3.63, 3.8) is 0 Å². The zero-order valence-electron chi connectivity index (χ0n) is 9.30. The number of rotatable bonds is 4. The lowest BCUT2D eigenvalue weighted by Crippen LogP contribution is -2.11. The number of ether oxygens (including phenoxy) is 1. The number of nitrogens with zero attached hydrogens (tertiary/aromatic N) is 1. The molecule has 0 radical (unpaired) electrons. The molecule has 0 bridgehead atoms. The maximum absolute atomic E-state index is 13.4. The Morgan fingerprint density at radius 2 is 2.29 bits per heavy atom. The standard InChI is InChI=1S/C12H11BrFNO2/c1-2-17-12(16)5-9-8(6-13)3-4-11(14)10(9)7-15/h3-4H,2,5-6H2,1H3. The first-order valence-electron chi connectivity index (χ1n) is 5.06. The van der Waals surface area contributed by atoms with E-state index in [1.165, 1.54) is 6.07 Å². The second kappa shape index (κ2) is 6.36. The third-order valence-corrected chi connectivity index (χ3v) is 2.85. The third kappa shape index (κ3) is 3.27. The van der Waals surface area contributed by atoms with Gasteiger partial charge in [-0.1, -0.05) is 22.0 Å². The molecular weight excluding hydrogens is 289 g/mol. The van der Waals surface area contributed by atoms with E-state index in [9.17, 15) is 9.18 Å². The number of alkyl halides is 1. The highest BCUT2D eigenvalue weighted by molar-refractivity contribution is 9.08. The first-order chi connectivity index (χ1) is 8.13. The van der Waals surface area contributed by atoms with Crippen LogP contribution >= 0.6 is 15.9 Å². The van der Waals surface area contributed by atoms with Gasteiger partial charge in [-0.2, -0.15) is 5.26 Å². The van der Waals surface area contributed by atoms with E-state index in [-0.39, 0.29) is 18.6 Å². The van der Waals surface area contributed by atoms with Crippen LogP contribution in [0.4, 0.5) is 4.39 Å². The van der Waals surface area contributed by atoms with Gasteiger partial charge in [-0.05, 0) is 24.1 Å². The van der Waals surface area contributed by atoms with E-state index in [2.05, 4.69) is 15.9 Å². The van der Waals surface area contributed by atoms with Crippen molar-refractivity contribution >= 4 is 21.9 Å². The van der Waals surface area contributed by atoms with Crippen molar-refractivity contribution in [2.45, 2.75) is 18.7 Å². The van der Waals surface area contributed by atoms with Crippen LogP contribution < -0.4 is 0 Å². The summed E-state index contributed by atoms with van der Waals surface area (Å²) in [6.07, 6.45) is -0.0879. The van der Waals surface area contributed by atoms with Crippen LogP contribution in [0.3, 0.4) is 0 Å². The van der Waals surface area contributed by atoms with Gasteiger partial charge in [0.05, 0.1) is 18.6 Å². The fraction of sp³-hybridized carbons (Fsp3) is 0.333. The predicted octanol–water partition coefficient (Wildman–Crippen LogP) is 2.70. The molecular formula is C12H11BrFNO2. The van der Waals surface area contributed by atoms with Gasteiger partial charge in [0.15, 0.2) is 0 Å². The normalized spacial score (nSPS) is 9.76. The highest BCUT2D eigenvalue weighted by Gasteiger charge is 2.16. The third-order valence-electron chi connectivity index (χ3n) is 2.24. The first kappa shape index (κ1) is 13.7. The molecule has 0 unspecified atom stereocenters. The lowest BCUT2D eigenvalue weighted by Gasteiger charge is -2.09. The molecule has 5 heteroatoms. The first-order valence-corrected chi connectivity index (χ1v) is 6.18. The smallest absolute Gasteiger partial charge is 0.310 e. The van der Waals surface area contributed by atoms with E-state index >= 15 is 0 Å². The minimum atomic E-state index is -0.614. The van der Waals surface area contributed by atoms with Gasteiger partial charge in [0, 0.05) is 5.33 Å². The molecule has 1 rings (SSSR count). The number of benzene rings is 1. The quantitative estimate of drug-likeness (QED) is 0.634. The van der Waals surface area contributed by atoms with Crippen LogP contribution in [0, 0.1) is 17.1 Å². The zero-order valence-corrected chi connectivity index (χ0v) is 10.9. The molecule has 0 spiro atoms. The minimum Gasteiger partial charge on any atom is -0.466 e. The zero-order chi connectivity index (χ0) is 12.8. The molecule has 0 N–H and O–H groups in total. The van der Waals surface area contributed by atoms with Crippen molar-refractivity contribution in [3.05, 3.63) is 34.6 Å². The van der Waals surface area contributed by atoms with Crippen LogP contribution in [0.5, 0.6) is 0 Å². The molecule has 0 heterocycles. The van der Waals surface area contributed by atoms with Gasteiger partial charge in [0.1, 0.15) is 11.9 Å². The molecule has 0 aliphatic heterocycles. The molecule has 17 heavy (non-hydrogen) atoms. The Balaban J connectivity index is 3.15. The number of hydrogen-bond acceptors (Lipinski definition) is 3. The number of hydrogen-bond donors (Lipinski definition) is 0. The van der Waals surface area contributed by atoms with E-state index in [0.717, 1.165) is 5.56 Å². The summed E-state index contributed by atoms with van der Waals surface area (Å²) in [5.41, 5.74) is 1.02. The van der Waals surface area contributed by atoms with Crippen LogP contribution in [0.25, 0.3) is 0 Å². The Hall–Kier alpha value is -1.41. The molecule has 0 amide bonds. The number of esters is 1. The summed E-state index contributed by atoms with van der Waals surface area (Å²) in [5.74, 6) is -1.08. The van der Waals surface area contributed by atoms with Crippen molar-refractivity contribution in [2.75, 3.05) is 6.61 Å². The number of carbonyl (C=O) groups excluding carboxylic acids is 1. The summed E-state index contributed by atoms with van der Waals surface area (Å²) < 4.78 is 18.2. The Morgan fingerprint density at radius 1 is 1.59 bits per heavy atom. The lowest BCUT2D eigenvalue weighted by atomic mass is 9.99. The van der Waals surface area contributed by atoms with Gasteiger partial charge in [-0.25, -0.2) is 4.39 Å². The average Bonchev–Trinajstić information content (AvgIpc) is 2.30. The Kier molecular flexibility index (Phi) is 5.11. The van der Waals surface area contributed by atoms with Crippen molar-refractivity contribution in [1.82, 2.24) is 0 Å². The second-order valence-corrected chi connectivity index (χ2v) is 3.85. The molecule has 0 atom stereocenters. The van der Waals surface area contributed by atoms with Crippen LogP contribution in [0.15, 0.2) is 12.1 Å². The molecule has 90 valence electrons. The maximum Gasteiger partial charge on any atom is 0.310 e. The molecule has 0 saturated carbocycles. The van der Waals surface area contributed by atoms with E-state index in [1.54, 1.807) is 19.1 Å². The van der Waals surface area contributed by atoms with E-state index < -0.39 is 11.8 Å². The highest BCUT2D eigenvalue weighted by atomic mass is 79.9. The van der Waals surface area contributed by atoms with Crippen LogP contribution in [0.1, 0.15) is 23.6 Å². The number of carbonyl (C=O) groups is 1. The fourth-order valence-corrected chi connectivity index (χ4v) is 1.99. The van der Waals surface area contributed by atoms with Crippen LogP contribution in [-0.2, 0) is 21.3 Å². The lowest BCUT2D eigenvalue weighted by molar-refractivity contribution is -0.142. The summed E-state index contributed by atoms with van der Waals surface area (Å²) in [5, 5.41) is 9.36. The average molecular weight is 300 g/mol. The van der Waals surface area contributed by atoms with Gasteiger partial charge >= 0.3 is 5.97 Å².